The molecule has 2 aliphatic rings. The van der Waals surface area contributed by atoms with Crippen molar-refractivity contribution in [3.63, 3.8) is 0 Å². The van der Waals surface area contributed by atoms with Gasteiger partial charge >= 0.3 is 0 Å². The monoisotopic (exact) mass is 196 g/mol. The molecule has 0 aromatic rings. The number of ketones is 1. The van der Waals surface area contributed by atoms with Gasteiger partial charge in [-0.05, 0) is 12.8 Å². The Hall–Kier alpha value is -0.900. The van der Waals surface area contributed by atoms with Gasteiger partial charge in [0.2, 0.25) is 5.91 Å². The highest BCUT2D eigenvalue weighted by Gasteiger charge is 2.37. The Morgan fingerprint density at radius 1 is 1.36 bits per heavy atom. The van der Waals surface area contributed by atoms with Crippen molar-refractivity contribution in [1.82, 2.24) is 4.90 Å². The topological polar surface area (TPSA) is 63.4 Å². The average Bonchev–Trinajstić information content (AvgIpc) is 2.05. The van der Waals surface area contributed by atoms with E-state index in [4.69, 9.17) is 5.73 Å². The highest BCUT2D eigenvalue weighted by molar-refractivity contribution is 5.81. The standard InChI is InChI=1S/C10H16N2O2/c11-10(14)6-12-7-2-1-3-8(12)5-9(13)4-7/h7-8H,1-6H2,(H2,11,14). The Kier molecular flexibility index (Phi) is 2.54. The number of primary amides is 1. The first-order valence-corrected chi connectivity index (χ1v) is 5.22. The van der Waals surface area contributed by atoms with Gasteiger partial charge in [-0.15, -0.1) is 0 Å². The number of fused-ring (bicyclic) bond motifs is 2. The van der Waals surface area contributed by atoms with Crippen LogP contribution < -0.4 is 5.73 Å². The summed E-state index contributed by atoms with van der Waals surface area (Å²) < 4.78 is 0. The van der Waals surface area contributed by atoms with Gasteiger partial charge in [0.05, 0.1) is 6.54 Å². The van der Waals surface area contributed by atoms with Crippen molar-refractivity contribution in [3.05, 3.63) is 0 Å². The lowest BCUT2D eigenvalue weighted by atomic mass is 9.84. The van der Waals surface area contributed by atoms with Crippen LogP contribution in [0.2, 0.25) is 0 Å². The number of amides is 1. The van der Waals surface area contributed by atoms with Gasteiger partial charge in [-0.25, -0.2) is 0 Å². The molecule has 2 bridgehead atoms. The first-order valence-electron chi connectivity index (χ1n) is 5.22. The normalized spacial score (nSPS) is 33.0. The predicted octanol–water partition coefficient (Wildman–Crippen LogP) is 0.0577. The first-order chi connectivity index (χ1) is 6.66. The number of carbonyl (C=O) groups is 2. The summed E-state index contributed by atoms with van der Waals surface area (Å²) in [6.07, 6.45) is 4.48. The Morgan fingerprint density at radius 3 is 2.43 bits per heavy atom. The Morgan fingerprint density at radius 2 is 1.93 bits per heavy atom. The van der Waals surface area contributed by atoms with Gasteiger partial charge in [0.15, 0.2) is 0 Å². The summed E-state index contributed by atoms with van der Waals surface area (Å²) in [6, 6.07) is 0.560. The Balaban J connectivity index is 2.08. The minimum Gasteiger partial charge on any atom is -0.369 e. The lowest BCUT2D eigenvalue weighted by Gasteiger charge is -2.44. The molecule has 0 aliphatic carbocycles. The van der Waals surface area contributed by atoms with Crippen LogP contribution in [0.3, 0.4) is 0 Å². The zero-order chi connectivity index (χ0) is 10.1. The molecule has 0 saturated carbocycles. The lowest BCUT2D eigenvalue weighted by Crippen LogP contribution is -2.54. The molecule has 2 unspecified atom stereocenters. The summed E-state index contributed by atoms with van der Waals surface area (Å²) >= 11 is 0. The summed E-state index contributed by atoms with van der Waals surface area (Å²) in [7, 11) is 0. The molecule has 0 aromatic carbocycles. The van der Waals surface area contributed by atoms with Crippen molar-refractivity contribution in [2.45, 2.75) is 44.2 Å². The smallest absolute Gasteiger partial charge is 0.231 e. The number of carbonyl (C=O) groups excluding carboxylic acids is 2. The number of rotatable bonds is 2. The van der Waals surface area contributed by atoms with E-state index in [0.717, 1.165) is 12.8 Å². The van der Waals surface area contributed by atoms with E-state index in [-0.39, 0.29) is 18.0 Å². The molecule has 0 aromatic heterocycles. The maximum Gasteiger partial charge on any atom is 0.231 e. The summed E-state index contributed by atoms with van der Waals surface area (Å²) in [5.41, 5.74) is 5.20. The molecule has 4 nitrogen and oxygen atoms in total. The van der Waals surface area contributed by atoms with Crippen molar-refractivity contribution < 1.29 is 9.59 Å². The molecule has 2 rings (SSSR count). The number of hydrogen-bond donors (Lipinski definition) is 1. The molecule has 2 fully saturated rings. The number of Topliss-reactive ketones (excluding diaryl/α,β-unsaturated/α-hetero) is 1. The van der Waals surface area contributed by atoms with Gasteiger partial charge in [-0.3, -0.25) is 14.5 Å². The third-order valence-corrected chi connectivity index (χ3v) is 3.28. The SMILES string of the molecule is NC(=O)CN1C2CCCC1CC(=O)C2. The van der Waals surface area contributed by atoms with E-state index in [1.165, 1.54) is 6.42 Å². The fraction of sp³-hybridized carbons (Fsp3) is 0.800. The van der Waals surface area contributed by atoms with Crippen molar-refractivity contribution >= 4 is 11.7 Å². The van der Waals surface area contributed by atoms with Crippen LogP contribution >= 0.6 is 0 Å². The van der Waals surface area contributed by atoms with Gasteiger partial charge in [-0.1, -0.05) is 6.42 Å². The molecular formula is C10H16N2O2. The van der Waals surface area contributed by atoms with Crippen LogP contribution in [0.4, 0.5) is 0 Å². The van der Waals surface area contributed by atoms with E-state index in [2.05, 4.69) is 4.90 Å². The van der Waals surface area contributed by atoms with E-state index in [0.29, 0.717) is 25.2 Å². The molecule has 2 heterocycles. The van der Waals surface area contributed by atoms with Crippen molar-refractivity contribution in [1.29, 1.82) is 0 Å². The molecule has 0 spiro atoms. The van der Waals surface area contributed by atoms with Crippen molar-refractivity contribution in [2.75, 3.05) is 6.54 Å². The minimum atomic E-state index is -0.281. The summed E-state index contributed by atoms with van der Waals surface area (Å²) in [6.45, 7) is 0.322. The number of nitrogens with zero attached hydrogens (tertiary/aromatic N) is 1. The van der Waals surface area contributed by atoms with Crippen LogP contribution in [0.1, 0.15) is 32.1 Å². The van der Waals surface area contributed by atoms with Crippen LogP contribution in [0, 0.1) is 0 Å². The third kappa shape index (κ3) is 1.80. The molecule has 4 heteroatoms. The van der Waals surface area contributed by atoms with Crippen LogP contribution in [0.15, 0.2) is 0 Å². The number of hydrogen-bond acceptors (Lipinski definition) is 3. The van der Waals surface area contributed by atoms with E-state index in [1.54, 1.807) is 0 Å². The van der Waals surface area contributed by atoms with E-state index >= 15 is 0 Å². The zero-order valence-electron chi connectivity index (χ0n) is 8.24. The maximum atomic E-state index is 11.4. The van der Waals surface area contributed by atoms with Gasteiger partial charge in [-0.2, -0.15) is 0 Å². The zero-order valence-corrected chi connectivity index (χ0v) is 8.24. The van der Waals surface area contributed by atoms with E-state index in [1.807, 2.05) is 0 Å². The number of nitrogens with two attached hydrogens (primary N) is 1. The second-order valence-corrected chi connectivity index (χ2v) is 4.32. The molecule has 78 valence electrons. The summed E-state index contributed by atoms with van der Waals surface area (Å²) in [5, 5.41) is 0. The van der Waals surface area contributed by atoms with Gasteiger partial charge in [0.25, 0.3) is 0 Å². The first kappa shape index (κ1) is 9.65. The second-order valence-electron chi connectivity index (χ2n) is 4.32. The quantitative estimate of drug-likeness (QED) is 0.679. The molecule has 2 aliphatic heterocycles. The van der Waals surface area contributed by atoms with Gasteiger partial charge in [0, 0.05) is 24.9 Å². The highest BCUT2D eigenvalue weighted by Crippen LogP contribution is 2.31. The van der Waals surface area contributed by atoms with E-state index < -0.39 is 0 Å². The molecule has 14 heavy (non-hydrogen) atoms. The van der Waals surface area contributed by atoms with E-state index in [9.17, 15) is 9.59 Å². The summed E-state index contributed by atoms with van der Waals surface area (Å²) in [5.74, 6) is 0.0664. The Labute approximate surface area is 83.4 Å². The minimum absolute atomic E-state index is 0.280. The molecule has 1 amide bonds. The second kappa shape index (κ2) is 3.69. The summed E-state index contributed by atoms with van der Waals surface area (Å²) in [4.78, 5) is 24.4. The largest absolute Gasteiger partial charge is 0.369 e. The fourth-order valence-electron chi connectivity index (χ4n) is 2.70. The Bertz CT molecular complexity index is 249. The van der Waals surface area contributed by atoms with Crippen molar-refractivity contribution in [3.8, 4) is 0 Å². The van der Waals surface area contributed by atoms with Gasteiger partial charge < -0.3 is 5.73 Å². The van der Waals surface area contributed by atoms with Crippen LogP contribution in [-0.4, -0.2) is 35.2 Å². The third-order valence-electron chi connectivity index (χ3n) is 3.28. The van der Waals surface area contributed by atoms with Crippen LogP contribution in [-0.2, 0) is 9.59 Å². The van der Waals surface area contributed by atoms with Crippen LogP contribution in [0.25, 0.3) is 0 Å². The molecule has 2 atom stereocenters. The molecule has 2 N–H and O–H groups in total. The highest BCUT2D eigenvalue weighted by atomic mass is 16.1. The molecule has 2 saturated heterocycles. The molecule has 0 radical (unpaired) electrons. The van der Waals surface area contributed by atoms with Crippen LogP contribution in [0.5, 0.6) is 0 Å². The van der Waals surface area contributed by atoms with Crippen molar-refractivity contribution in [2.24, 2.45) is 5.73 Å². The van der Waals surface area contributed by atoms with Gasteiger partial charge in [0.1, 0.15) is 5.78 Å². The fourth-order valence-corrected chi connectivity index (χ4v) is 2.70. The predicted molar refractivity (Wildman–Crippen MR) is 51.6 cm³/mol. The lowest BCUT2D eigenvalue weighted by molar-refractivity contribution is -0.131. The number of piperidine rings is 2. The molecular weight excluding hydrogens is 180 g/mol. The average molecular weight is 196 g/mol. The maximum absolute atomic E-state index is 11.4.